The van der Waals surface area contributed by atoms with Gasteiger partial charge in [-0.3, -0.25) is 14.4 Å². The summed E-state index contributed by atoms with van der Waals surface area (Å²) in [7, 11) is 0. The van der Waals surface area contributed by atoms with E-state index in [4.69, 9.17) is 4.74 Å². The van der Waals surface area contributed by atoms with Crippen molar-refractivity contribution >= 4 is 34.7 Å². The number of thiophene rings is 1. The van der Waals surface area contributed by atoms with Gasteiger partial charge in [-0.25, -0.2) is 4.39 Å². The average Bonchev–Trinajstić information content (AvgIpc) is 2.99. The second-order valence-corrected chi connectivity index (χ2v) is 6.75. The molecule has 0 spiro atoms. The Balaban J connectivity index is 1.79. The molecule has 132 valence electrons. The highest BCUT2D eigenvalue weighted by Crippen LogP contribution is 2.18. The number of Topliss-reactive ketones (excluding diaryl/α,β-unsaturated/α-hetero) is 1. The Morgan fingerprint density at radius 2 is 1.96 bits per heavy atom. The Kier molecular flexibility index (Phi) is 6.41. The number of carbonyl (C=O) groups is 3. The minimum Gasteiger partial charge on any atom is -0.453 e. The predicted octanol–water partition coefficient (Wildman–Crippen LogP) is 3.73. The number of hydrogen-bond acceptors (Lipinski definition) is 5. The maximum Gasteiger partial charge on any atom is 0.307 e. The highest BCUT2D eigenvalue weighted by atomic mass is 32.1. The molecule has 0 aliphatic carbocycles. The van der Waals surface area contributed by atoms with Gasteiger partial charge in [0.25, 0.3) is 5.91 Å². The van der Waals surface area contributed by atoms with Crippen LogP contribution in [-0.4, -0.2) is 23.8 Å². The third-order valence-electron chi connectivity index (χ3n) is 3.34. The van der Waals surface area contributed by atoms with E-state index < -0.39 is 23.8 Å². The Labute approximate surface area is 148 Å². The van der Waals surface area contributed by atoms with E-state index in [9.17, 15) is 18.8 Å². The summed E-state index contributed by atoms with van der Waals surface area (Å²) in [5.41, 5.74) is 0.274. The van der Waals surface area contributed by atoms with Crippen LogP contribution in [0.2, 0.25) is 0 Å². The van der Waals surface area contributed by atoms with Crippen molar-refractivity contribution < 1.29 is 23.5 Å². The van der Waals surface area contributed by atoms with Gasteiger partial charge in [-0.2, -0.15) is 0 Å². The van der Waals surface area contributed by atoms with Crippen molar-refractivity contribution in [2.75, 3.05) is 5.32 Å². The quantitative estimate of drug-likeness (QED) is 0.601. The molecule has 2 aromatic rings. The van der Waals surface area contributed by atoms with Crippen LogP contribution in [0.4, 0.5) is 10.1 Å². The van der Waals surface area contributed by atoms with Gasteiger partial charge in [0.1, 0.15) is 5.82 Å². The lowest BCUT2D eigenvalue weighted by molar-refractivity contribution is -0.153. The normalized spacial score (nSPS) is 11.6. The van der Waals surface area contributed by atoms with Crippen LogP contribution < -0.4 is 5.32 Å². The van der Waals surface area contributed by atoms with Crippen LogP contribution in [0.15, 0.2) is 36.4 Å². The summed E-state index contributed by atoms with van der Waals surface area (Å²) in [6.07, 6.45) is -1.13. The van der Waals surface area contributed by atoms with E-state index in [0.29, 0.717) is 4.88 Å². The van der Waals surface area contributed by atoms with Crippen molar-refractivity contribution in [3.63, 3.8) is 0 Å². The maximum atomic E-state index is 13.1. The van der Waals surface area contributed by atoms with Crippen LogP contribution in [0.5, 0.6) is 0 Å². The van der Waals surface area contributed by atoms with Gasteiger partial charge < -0.3 is 10.1 Å². The van der Waals surface area contributed by atoms with E-state index in [1.165, 1.54) is 36.5 Å². The Morgan fingerprint density at radius 3 is 2.60 bits per heavy atom. The zero-order valence-corrected chi connectivity index (χ0v) is 14.7. The maximum absolute atomic E-state index is 13.1. The van der Waals surface area contributed by atoms with Crippen LogP contribution in [0, 0.1) is 12.7 Å². The first kappa shape index (κ1) is 18.8. The number of ether oxygens (including phenoxy) is 1. The highest BCUT2D eigenvalue weighted by Gasteiger charge is 2.19. The molecule has 1 amide bonds. The standard InChI is InChI=1S/C18H18FNO4S/c1-11-6-8-16(25-11)15(21)7-9-17(22)24-12(2)18(23)20-14-5-3-4-13(19)10-14/h3-6,8,10,12H,7,9H2,1-2H3,(H,20,23). The molecule has 1 heterocycles. The SMILES string of the molecule is Cc1ccc(C(=O)CCC(=O)OC(C)C(=O)Nc2cccc(F)c2)s1. The van der Waals surface area contributed by atoms with Crippen LogP contribution in [0.3, 0.4) is 0 Å². The lowest BCUT2D eigenvalue weighted by atomic mass is 10.2. The van der Waals surface area contributed by atoms with Gasteiger partial charge in [-0.05, 0) is 44.2 Å². The fraction of sp³-hybridized carbons (Fsp3) is 0.278. The minimum atomic E-state index is -1.05. The molecule has 25 heavy (non-hydrogen) atoms. The number of halogens is 1. The first-order valence-electron chi connectivity index (χ1n) is 7.70. The van der Waals surface area contributed by atoms with Crippen LogP contribution >= 0.6 is 11.3 Å². The van der Waals surface area contributed by atoms with Crippen LogP contribution in [0.25, 0.3) is 0 Å². The lowest BCUT2D eigenvalue weighted by Gasteiger charge is -2.13. The molecule has 0 aliphatic rings. The van der Waals surface area contributed by atoms with E-state index in [0.717, 1.165) is 10.9 Å². The van der Waals surface area contributed by atoms with Gasteiger partial charge in [0.15, 0.2) is 11.9 Å². The summed E-state index contributed by atoms with van der Waals surface area (Å²) in [5.74, 6) is -1.82. The summed E-state index contributed by atoms with van der Waals surface area (Å²) < 4.78 is 18.1. The van der Waals surface area contributed by atoms with Gasteiger partial charge in [0, 0.05) is 17.0 Å². The second kappa shape index (κ2) is 8.53. The molecule has 2 rings (SSSR count). The number of anilines is 1. The lowest BCUT2D eigenvalue weighted by Crippen LogP contribution is -2.30. The molecule has 1 aromatic heterocycles. The van der Waals surface area contributed by atoms with Crippen molar-refractivity contribution in [2.45, 2.75) is 32.8 Å². The molecule has 1 N–H and O–H groups in total. The molecule has 0 fully saturated rings. The predicted molar refractivity (Wildman–Crippen MR) is 93.2 cm³/mol. The summed E-state index contributed by atoms with van der Waals surface area (Å²) in [6.45, 7) is 3.31. The van der Waals surface area contributed by atoms with E-state index in [1.807, 2.05) is 13.0 Å². The van der Waals surface area contributed by atoms with Gasteiger partial charge in [-0.1, -0.05) is 6.07 Å². The molecule has 7 heteroatoms. The second-order valence-electron chi connectivity index (χ2n) is 5.47. The molecular weight excluding hydrogens is 345 g/mol. The van der Waals surface area contributed by atoms with Gasteiger partial charge in [0.05, 0.1) is 11.3 Å². The molecule has 1 aromatic carbocycles. The molecule has 0 aliphatic heterocycles. The van der Waals surface area contributed by atoms with E-state index >= 15 is 0 Å². The largest absolute Gasteiger partial charge is 0.453 e. The summed E-state index contributed by atoms with van der Waals surface area (Å²) in [4.78, 5) is 37.3. The van der Waals surface area contributed by atoms with Crippen molar-refractivity contribution in [1.82, 2.24) is 0 Å². The molecular formula is C18H18FNO4S. The van der Waals surface area contributed by atoms with Crippen LogP contribution in [-0.2, 0) is 14.3 Å². The first-order valence-corrected chi connectivity index (χ1v) is 8.52. The number of aryl methyl sites for hydroxylation is 1. The fourth-order valence-corrected chi connectivity index (χ4v) is 2.88. The van der Waals surface area contributed by atoms with Crippen molar-refractivity contribution in [1.29, 1.82) is 0 Å². The van der Waals surface area contributed by atoms with Gasteiger partial charge in [-0.15, -0.1) is 11.3 Å². The third-order valence-corrected chi connectivity index (χ3v) is 4.38. The summed E-state index contributed by atoms with van der Waals surface area (Å²) in [5, 5.41) is 2.46. The number of benzene rings is 1. The molecule has 1 unspecified atom stereocenters. The molecule has 0 saturated heterocycles. The smallest absolute Gasteiger partial charge is 0.307 e. The Bertz CT molecular complexity index is 787. The van der Waals surface area contributed by atoms with Gasteiger partial charge >= 0.3 is 5.97 Å². The topological polar surface area (TPSA) is 72.5 Å². The molecule has 0 radical (unpaired) electrons. The van der Waals surface area contributed by atoms with Gasteiger partial charge in [0.2, 0.25) is 0 Å². The highest BCUT2D eigenvalue weighted by molar-refractivity contribution is 7.14. The summed E-state index contributed by atoms with van der Waals surface area (Å²) in [6, 6.07) is 8.97. The Hall–Kier alpha value is -2.54. The fourth-order valence-electron chi connectivity index (χ4n) is 2.04. The molecule has 0 saturated carbocycles. The monoisotopic (exact) mass is 363 g/mol. The number of rotatable bonds is 7. The van der Waals surface area contributed by atoms with Crippen molar-refractivity contribution in [2.24, 2.45) is 0 Å². The number of ketones is 1. The van der Waals surface area contributed by atoms with E-state index in [1.54, 1.807) is 6.07 Å². The molecule has 5 nitrogen and oxygen atoms in total. The Morgan fingerprint density at radius 1 is 1.20 bits per heavy atom. The minimum absolute atomic E-state index is 0.0248. The molecule has 1 atom stereocenters. The zero-order chi connectivity index (χ0) is 18.4. The molecule has 0 bridgehead atoms. The number of hydrogen-bond donors (Lipinski definition) is 1. The summed E-state index contributed by atoms with van der Waals surface area (Å²) >= 11 is 1.37. The first-order chi connectivity index (χ1) is 11.8. The number of carbonyl (C=O) groups excluding carboxylic acids is 3. The zero-order valence-electron chi connectivity index (χ0n) is 13.9. The van der Waals surface area contributed by atoms with Crippen molar-refractivity contribution in [3.05, 3.63) is 52.0 Å². The van der Waals surface area contributed by atoms with E-state index in [-0.39, 0.29) is 24.3 Å². The third kappa shape index (κ3) is 5.79. The van der Waals surface area contributed by atoms with Crippen LogP contribution in [0.1, 0.15) is 34.3 Å². The van der Waals surface area contributed by atoms with Crippen molar-refractivity contribution in [3.8, 4) is 0 Å². The average molecular weight is 363 g/mol. The number of amides is 1. The number of nitrogens with one attached hydrogen (secondary N) is 1. The number of esters is 1. The van der Waals surface area contributed by atoms with E-state index in [2.05, 4.69) is 5.32 Å².